The number of amides is 1. The Morgan fingerprint density at radius 2 is 2.15 bits per heavy atom. The van der Waals surface area contributed by atoms with E-state index in [0.29, 0.717) is 21.7 Å². The van der Waals surface area contributed by atoms with Gasteiger partial charge in [-0.2, -0.15) is 0 Å². The average Bonchev–Trinajstić information content (AvgIpc) is 3.01. The van der Waals surface area contributed by atoms with E-state index < -0.39 is 0 Å². The molecule has 0 radical (unpaired) electrons. The SMILES string of the molecule is CNC1CCCN(C(=O)c2cnc(Sc3nccn3C)c(Cl)c2)C1.Cl.Cl. The fraction of sp³-hybridized carbons (Fsp3) is 0.438. The Labute approximate surface area is 174 Å². The molecule has 1 unspecified atom stereocenters. The summed E-state index contributed by atoms with van der Waals surface area (Å²) in [5.41, 5.74) is 0.529. The van der Waals surface area contributed by atoms with Gasteiger partial charge < -0.3 is 14.8 Å². The lowest BCUT2D eigenvalue weighted by molar-refractivity contribution is 0.0697. The van der Waals surface area contributed by atoms with Crippen LogP contribution in [0.5, 0.6) is 0 Å². The second-order valence-electron chi connectivity index (χ2n) is 5.81. The largest absolute Gasteiger partial charge is 0.337 e. The summed E-state index contributed by atoms with van der Waals surface area (Å²) in [5, 5.41) is 5.16. The van der Waals surface area contributed by atoms with Crippen molar-refractivity contribution in [3.63, 3.8) is 0 Å². The molecule has 1 aliphatic rings. The number of piperidine rings is 1. The van der Waals surface area contributed by atoms with E-state index in [9.17, 15) is 4.79 Å². The summed E-state index contributed by atoms with van der Waals surface area (Å²) >= 11 is 7.72. The predicted octanol–water partition coefficient (Wildman–Crippen LogP) is 3.29. The third-order valence-corrected chi connectivity index (χ3v) is 5.63. The summed E-state index contributed by atoms with van der Waals surface area (Å²) < 4.78 is 1.90. The third-order valence-electron chi connectivity index (χ3n) is 4.14. The van der Waals surface area contributed by atoms with Crippen LogP contribution >= 0.6 is 48.2 Å². The molecule has 26 heavy (non-hydrogen) atoms. The lowest BCUT2D eigenvalue weighted by Crippen LogP contribution is -2.47. The van der Waals surface area contributed by atoms with Gasteiger partial charge in [-0.25, -0.2) is 9.97 Å². The molecule has 6 nitrogen and oxygen atoms in total. The van der Waals surface area contributed by atoms with Crippen LogP contribution in [-0.2, 0) is 7.05 Å². The molecular formula is C16H22Cl3N5OS. The first-order valence-electron chi connectivity index (χ1n) is 7.85. The molecule has 1 fully saturated rings. The number of aromatic nitrogens is 3. The maximum Gasteiger partial charge on any atom is 0.255 e. The minimum Gasteiger partial charge on any atom is -0.337 e. The van der Waals surface area contributed by atoms with Crippen molar-refractivity contribution in [1.82, 2.24) is 24.8 Å². The molecule has 2 aromatic heterocycles. The zero-order valence-electron chi connectivity index (χ0n) is 14.5. The number of nitrogens with zero attached hydrogens (tertiary/aromatic N) is 4. The molecule has 0 aliphatic carbocycles. The highest BCUT2D eigenvalue weighted by atomic mass is 35.5. The molecule has 0 spiro atoms. The maximum absolute atomic E-state index is 12.7. The molecule has 144 valence electrons. The molecule has 0 saturated carbocycles. The number of carbonyl (C=O) groups excluding carboxylic acids is 1. The van der Waals surface area contributed by atoms with Crippen molar-refractivity contribution < 1.29 is 4.79 Å². The Bertz CT molecular complexity index is 742. The predicted molar refractivity (Wildman–Crippen MR) is 109 cm³/mol. The molecule has 2 aromatic rings. The summed E-state index contributed by atoms with van der Waals surface area (Å²) in [5.74, 6) is -0.0158. The molecular weight excluding hydrogens is 417 g/mol. The van der Waals surface area contributed by atoms with Gasteiger partial charge in [0, 0.05) is 44.8 Å². The van der Waals surface area contributed by atoms with Crippen LogP contribution in [0.3, 0.4) is 0 Å². The highest BCUT2D eigenvalue weighted by Gasteiger charge is 2.24. The second-order valence-corrected chi connectivity index (χ2v) is 7.18. The van der Waals surface area contributed by atoms with Crippen molar-refractivity contribution in [1.29, 1.82) is 0 Å². The number of halogens is 3. The molecule has 10 heteroatoms. The number of hydrogen-bond donors (Lipinski definition) is 1. The second kappa shape index (κ2) is 10.4. The number of pyridine rings is 1. The minimum absolute atomic E-state index is 0. The van der Waals surface area contributed by atoms with Crippen LogP contribution in [0.2, 0.25) is 5.02 Å². The van der Waals surface area contributed by atoms with E-state index in [1.54, 1.807) is 18.5 Å². The Morgan fingerprint density at radius 3 is 2.77 bits per heavy atom. The Kier molecular flexibility index (Phi) is 9.19. The van der Waals surface area contributed by atoms with Crippen LogP contribution in [0.25, 0.3) is 0 Å². The van der Waals surface area contributed by atoms with Gasteiger partial charge in [-0.05, 0) is 37.7 Å². The molecule has 1 N–H and O–H groups in total. The van der Waals surface area contributed by atoms with Crippen LogP contribution in [0.15, 0.2) is 34.8 Å². The highest BCUT2D eigenvalue weighted by molar-refractivity contribution is 7.99. The number of likely N-dealkylation sites (tertiary alicyclic amines) is 1. The molecule has 1 saturated heterocycles. The van der Waals surface area contributed by atoms with Crippen molar-refractivity contribution in [2.75, 3.05) is 20.1 Å². The first-order chi connectivity index (χ1) is 11.6. The lowest BCUT2D eigenvalue weighted by atomic mass is 10.1. The molecule has 0 bridgehead atoms. The quantitative estimate of drug-likeness (QED) is 0.793. The maximum atomic E-state index is 12.7. The Hall–Kier alpha value is -0.990. The number of carbonyl (C=O) groups is 1. The van der Waals surface area contributed by atoms with E-state index in [-0.39, 0.29) is 30.7 Å². The number of hydrogen-bond acceptors (Lipinski definition) is 5. The number of rotatable bonds is 4. The van der Waals surface area contributed by atoms with E-state index in [4.69, 9.17) is 11.6 Å². The van der Waals surface area contributed by atoms with Crippen molar-refractivity contribution >= 4 is 54.1 Å². The van der Waals surface area contributed by atoms with Gasteiger partial charge >= 0.3 is 0 Å². The topological polar surface area (TPSA) is 63.1 Å². The molecule has 1 aliphatic heterocycles. The van der Waals surface area contributed by atoms with Crippen LogP contribution in [0.1, 0.15) is 23.2 Å². The highest BCUT2D eigenvalue weighted by Crippen LogP contribution is 2.31. The van der Waals surface area contributed by atoms with E-state index >= 15 is 0 Å². The van der Waals surface area contributed by atoms with Crippen LogP contribution in [0, 0.1) is 0 Å². The summed E-state index contributed by atoms with van der Waals surface area (Å²) in [6, 6.07) is 2.05. The average molecular weight is 439 g/mol. The summed E-state index contributed by atoms with van der Waals surface area (Å²) in [6.07, 6.45) is 7.29. The number of imidazole rings is 1. The first-order valence-corrected chi connectivity index (χ1v) is 9.05. The first kappa shape index (κ1) is 23.0. The Morgan fingerprint density at radius 1 is 1.38 bits per heavy atom. The molecule has 3 rings (SSSR count). The monoisotopic (exact) mass is 437 g/mol. The molecule has 1 atom stereocenters. The van der Waals surface area contributed by atoms with Gasteiger partial charge in [0.1, 0.15) is 5.03 Å². The van der Waals surface area contributed by atoms with Gasteiger partial charge in [-0.15, -0.1) is 24.8 Å². The number of nitrogens with one attached hydrogen (secondary N) is 1. The van der Waals surface area contributed by atoms with Crippen LogP contribution in [-0.4, -0.2) is 51.5 Å². The fourth-order valence-corrected chi connectivity index (χ4v) is 3.77. The number of likely N-dealkylation sites (N-methyl/N-ethyl adjacent to an activating group) is 1. The summed E-state index contributed by atoms with van der Waals surface area (Å²) in [4.78, 5) is 23.1. The van der Waals surface area contributed by atoms with E-state index in [1.807, 2.05) is 29.8 Å². The van der Waals surface area contributed by atoms with Crippen molar-refractivity contribution in [3.8, 4) is 0 Å². The third kappa shape index (κ3) is 5.27. The fourth-order valence-electron chi connectivity index (χ4n) is 2.73. The van der Waals surface area contributed by atoms with Gasteiger partial charge in [0.25, 0.3) is 5.91 Å². The van der Waals surface area contributed by atoms with E-state index in [2.05, 4.69) is 15.3 Å². The smallest absolute Gasteiger partial charge is 0.255 e. The number of aryl methyl sites for hydroxylation is 1. The van der Waals surface area contributed by atoms with Crippen molar-refractivity contribution in [2.24, 2.45) is 7.05 Å². The van der Waals surface area contributed by atoms with Gasteiger partial charge in [0.15, 0.2) is 5.16 Å². The normalized spacial score (nSPS) is 16.6. The standard InChI is InChI=1S/C16H20ClN5OS.2ClH/c1-18-12-4-3-6-22(10-12)15(23)11-8-13(17)14(20-9-11)24-16-19-5-7-21(16)2;;/h5,7-9,12,18H,3-4,6,10H2,1-2H3;2*1H. The van der Waals surface area contributed by atoms with Gasteiger partial charge in [-0.1, -0.05) is 11.6 Å². The van der Waals surface area contributed by atoms with Crippen molar-refractivity contribution in [3.05, 3.63) is 35.2 Å². The minimum atomic E-state index is -0.0158. The van der Waals surface area contributed by atoms with Crippen molar-refractivity contribution in [2.45, 2.75) is 29.1 Å². The molecule has 1 amide bonds. The zero-order chi connectivity index (χ0) is 17.1. The Balaban J connectivity index is 0.00000169. The zero-order valence-corrected chi connectivity index (χ0v) is 17.7. The lowest BCUT2D eigenvalue weighted by Gasteiger charge is -2.32. The molecule has 3 heterocycles. The van der Waals surface area contributed by atoms with Gasteiger partial charge in [-0.3, -0.25) is 4.79 Å². The van der Waals surface area contributed by atoms with Gasteiger partial charge in [0.2, 0.25) is 0 Å². The summed E-state index contributed by atoms with van der Waals surface area (Å²) in [7, 11) is 3.84. The van der Waals surface area contributed by atoms with Crippen LogP contribution in [0.4, 0.5) is 0 Å². The van der Waals surface area contributed by atoms with Gasteiger partial charge in [0.05, 0.1) is 10.6 Å². The van der Waals surface area contributed by atoms with Crippen LogP contribution < -0.4 is 5.32 Å². The van der Waals surface area contributed by atoms with E-state index in [0.717, 1.165) is 31.1 Å². The van der Waals surface area contributed by atoms with E-state index in [1.165, 1.54) is 11.8 Å². The molecule has 0 aromatic carbocycles. The summed E-state index contributed by atoms with van der Waals surface area (Å²) in [6.45, 7) is 1.50.